The van der Waals surface area contributed by atoms with Crippen LogP contribution in [0.4, 0.5) is 32.0 Å². The number of halogens is 6. The summed E-state index contributed by atoms with van der Waals surface area (Å²) in [5.41, 5.74) is -1.99. The van der Waals surface area contributed by atoms with Crippen LogP contribution in [0.2, 0.25) is 0 Å². The number of carboxylic acids is 1. The van der Waals surface area contributed by atoms with E-state index in [2.05, 4.69) is 10.3 Å². The van der Waals surface area contributed by atoms with Gasteiger partial charge in [-0.05, 0) is 73.0 Å². The molecule has 4 rings (SSSR count). The van der Waals surface area contributed by atoms with Gasteiger partial charge in [-0.1, -0.05) is 12.1 Å². The topological polar surface area (TPSA) is 106 Å². The molecule has 0 radical (unpaired) electrons. The molecule has 0 bridgehead atoms. The van der Waals surface area contributed by atoms with Crippen LogP contribution in [0.25, 0.3) is 6.08 Å². The first-order valence-corrected chi connectivity index (χ1v) is 13.2. The Morgan fingerprint density at radius 2 is 1.80 bits per heavy atom. The van der Waals surface area contributed by atoms with E-state index < -0.39 is 53.4 Å². The molecule has 0 aliphatic carbocycles. The number of amidine groups is 1. The third kappa shape index (κ3) is 7.10. The van der Waals surface area contributed by atoms with E-state index in [0.29, 0.717) is 53.2 Å². The zero-order valence-electron chi connectivity index (χ0n) is 21.5. The molecule has 2 aliphatic heterocycles. The Labute approximate surface area is 234 Å². The maximum Gasteiger partial charge on any atom is 0.416 e. The Morgan fingerprint density at radius 1 is 1.12 bits per heavy atom. The molecule has 2 aromatic rings. The summed E-state index contributed by atoms with van der Waals surface area (Å²) in [6.45, 7) is 1.93. The number of rotatable bonds is 6. The maximum absolute atomic E-state index is 13.5. The molecule has 0 saturated carbocycles. The van der Waals surface area contributed by atoms with Gasteiger partial charge in [0.15, 0.2) is 5.17 Å². The summed E-state index contributed by atoms with van der Waals surface area (Å²) in [6.07, 6.45) is -7.48. The lowest BCUT2D eigenvalue weighted by molar-refractivity contribution is -0.144. The summed E-state index contributed by atoms with van der Waals surface area (Å²) in [5.74, 6) is -1.75. The first-order chi connectivity index (χ1) is 19.1. The average molecular weight is 599 g/mol. The minimum atomic E-state index is -5.01. The van der Waals surface area contributed by atoms with E-state index in [9.17, 15) is 41.0 Å². The summed E-state index contributed by atoms with van der Waals surface area (Å²) in [7, 11) is 0. The molecule has 7 nitrogen and oxygen atoms in total. The number of carbonyl (C=O) groups excluding carboxylic acids is 1. The van der Waals surface area contributed by atoms with Gasteiger partial charge in [0.1, 0.15) is 0 Å². The molecule has 0 unspecified atom stereocenters. The van der Waals surface area contributed by atoms with Gasteiger partial charge in [0.25, 0.3) is 5.91 Å². The van der Waals surface area contributed by atoms with Crippen LogP contribution in [0.5, 0.6) is 0 Å². The SMILES string of the molecule is CC(=N)c1cc(/C=C2\SC(N3CCC(C(=O)O)CC3)=NC2=O)ccc1NCc1ccc(C(F)(F)F)cc1C(F)(F)F. The smallest absolute Gasteiger partial charge is 0.416 e. The van der Waals surface area contributed by atoms with Crippen molar-refractivity contribution in [2.24, 2.45) is 10.9 Å². The fourth-order valence-corrected chi connectivity index (χ4v) is 5.44. The predicted octanol–water partition coefficient (Wildman–Crippen LogP) is 6.49. The van der Waals surface area contributed by atoms with Gasteiger partial charge in [0.2, 0.25) is 0 Å². The Hall–Kier alpha value is -3.81. The van der Waals surface area contributed by atoms with E-state index in [1.165, 1.54) is 13.0 Å². The molecule has 3 N–H and O–H groups in total. The highest BCUT2D eigenvalue weighted by Crippen LogP contribution is 2.38. The van der Waals surface area contributed by atoms with E-state index in [4.69, 9.17) is 5.41 Å². The van der Waals surface area contributed by atoms with Crippen molar-refractivity contribution in [1.82, 2.24) is 4.90 Å². The van der Waals surface area contributed by atoms with Gasteiger partial charge < -0.3 is 20.7 Å². The Balaban J connectivity index is 1.50. The first kappa shape index (κ1) is 30.2. The fourth-order valence-electron chi connectivity index (χ4n) is 4.48. The molecule has 2 heterocycles. The fraction of sp³-hybridized carbons (Fsp3) is 0.333. The van der Waals surface area contributed by atoms with Gasteiger partial charge >= 0.3 is 18.3 Å². The standard InChI is InChI=1S/C27H24F6N4O3S/c1-14(34)19-10-15(11-22-23(38)36-25(41-22)37-8-6-16(7-9-37)24(39)40)2-5-21(19)35-13-17-3-4-18(26(28,29)30)12-20(17)27(31,32)33/h2-5,10-12,16,34-35H,6-9,13H2,1H3,(H,39,40)/b22-11-,34-14?. The van der Waals surface area contributed by atoms with Crippen LogP contribution in [0.3, 0.4) is 0 Å². The molecular weight excluding hydrogens is 574 g/mol. The van der Waals surface area contributed by atoms with Crippen LogP contribution >= 0.6 is 11.8 Å². The van der Waals surface area contributed by atoms with Gasteiger partial charge in [0.05, 0.1) is 21.9 Å². The zero-order valence-corrected chi connectivity index (χ0v) is 22.3. The van der Waals surface area contributed by atoms with Crippen molar-refractivity contribution in [3.8, 4) is 0 Å². The van der Waals surface area contributed by atoms with Crippen molar-refractivity contribution >= 4 is 46.3 Å². The molecular formula is C27H24F6N4O3S. The number of likely N-dealkylation sites (tertiary alicyclic amines) is 1. The zero-order chi connectivity index (χ0) is 30.1. The van der Waals surface area contributed by atoms with Crippen molar-refractivity contribution in [1.29, 1.82) is 5.41 Å². The number of hydrogen-bond acceptors (Lipinski definition) is 6. The molecule has 218 valence electrons. The second kappa shape index (κ2) is 11.6. The van der Waals surface area contributed by atoms with E-state index >= 15 is 0 Å². The number of thioether (sulfide) groups is 1. The molecule has 1 fully saturated rings. The van der Waals surface area contributed by atoms with Crippen molar-refractivity contribution in [3.63, 3.8) is 0 Å². The number of carboxylic acid groups (broad SMARTS) is 1. The first-order valence-electron chi connectivity index (χ1n) is 12.3. The van der Waals surface area contributed by atoms with Crippen molar-refractivity contribution < 1.29 is 41.0 Å². The summed E-state index contributed by atoms with van der Waals surface area (Å²) in [4.78, 5) is 30.0. The Morgan fingerprint density at radius 3 is 2.39 bits per heavy atom. The number of alkyl halides is 6. The Kier molecular flexibility index (Phi) is 8.52. The van der Waals surface area contributed by atoms with Gasteiger partial charge in [0, 0.05) is 36.6 Å². The number of anilines is 1. The van der Waals surface area contributed by atoms with E-state index in [-0.39, 0.29) is 17.5 Å². The second-order valence-corrected chi connectivity index (χ2v) is 10.6. The Bertz CT molecular complexity index is 1440. The maximum atomic E-state index is 13.5. The predicted molar refractivity (Wildman–Crippen MR) is 143 cm³/mol. The normalized spacial score (nSPS) is 17.6. The van der Waals surface area contributed by atoms with Crippen LogP contribution in [-0.4, -0.2) is 45.9 Å². The van der Waals surface area contributed by atoms with Crippen molar-refractivity contribution in [2.75, 3.05) is 18.4 Å². The molecule has 0 spiro atoms. The lowest BCUT2D eigenvalue weighted by Crippen LogP contribution is -2.38. The third-order valence-corrected chi connectivity index (χ3v) is 7.73. The quantitative estimate of drug-likeness (QED) is 0.199. The van der Waals surface area contributed by atoms with Crippen LogP contribution in [0.15, 0.2) is 46.3 Å². The van der Waals surface area contributed by atoms with Crippen LogP contribution < -0.4 is 5.32 Å². The summed E-state index contributed by atoms with van der Waals surface area (Å²) in [5, 5.41) is 20.6. The highest BCUT2D eigenvalue weighted by Gasteiger charge is 2.38. The van der Waals surface area contributed by atoms with Gasteiger partial charge in [-0.2, -0.15) is 31.3 Å². The molecule has 14 heteroatoms. The molecule has 1 saturated heterocycles. The minimum Gasteiger partial charge on any atom is -0.481 e. The summed E-state index contributed by atoms with van der Waals surface area (Å²) in [6, 6.07) is 6.11. The number of hydrogen-bond donors (Lipinski definition) is 3. The molecule has 1 amide bonds. The van der Waals surface area contributed by atoms with Gasteiger partial charge in [-0.3, -0.25) is 9.59 Å². The lowest BCUT2D eigenvalue weighted by Gasteiger charge is -2.30. The van der Waals surface area contributed by atoms with E-state index in [1.807, 2.05) is 4.90 Å². The molecule has 2 aromatic carbocycles. The molecule has 0 atom stereocenters. The molecule has 2 aliphatic rings. The lowest BCUT2D eigenvalue weighted by atomic mass is 9.98. The third-order valence-electron chi connectivity index (χ3n) is 6.68. The van der Waals surface area contributed by atoms with E-state index in [1.54, 1.807) is 18.2 Å². The van der Waals surface area contributed by atoms with Crippen LogP contribution in [0.1, 0.15) is 47.6 Å². The molecule has 41 heavy (non-hydrogen) atoms. The second-order valence-electron chi connectivity index (χ2n) is 9.56. The monoisotopic (exact) mass is 598 g/mol. The van der Waals surface area contributed by atoms with Gasteiger partial charge in [-0.25, -0.2) is 0 Å². The minimum absolute atomic E-state index is 0.0693. The van der Waals surface area contributed by atoms with Crippen molar-refractivity contribution in [3.05, 3.63) is 69.1 Å². The summed E-state index contributed by atoms with van der Waals surface area (Å²) < 4.78 is 79.5. The number of nitrogens with one attached hydrogen (secondary N) is 2. The van der Waals surface area contributed by atoms with E-state index in [0.717, 1.165) is 17.8 Å². The molecule has 0 aromatic heterocycles. The number of carbonyl (C=O) groups is 2. The number of benzene rings is 2. The van der Waals surface area contributed by atoms with Crippen LogP contribution in [-0.2, 0) is 28.5 Å². The largest absolute Gasteiger partial charge is 0.481 e. The number of amides is 1. The highest BCUT2D eigenvalue weighted by atomic mass is 32.2. The summed E-state index contributed by atoms with van der Waals surface area (Å²) >= 11 is 1.15. The number of aliphatic carboxylic acids is 1. The number of piperidine rings is 1. The number of nitrogens with zero attached hydrogens (tertiary/aromatic N) is 2. The van der Waals surface area contributed by atoms with Gasteiger partial charge in [-0.15, -0.1) is 0 Å². The van der Waals surface area contributed by atoms with Crippen molar-refractivity contribution in [2.45, 2.75) is 38.7 Å². The average Bonchev–Trinajstić information content (AvgIpc) is 3.26. The highest BCUT2D eigenvalue weighted by molar-refractivity contribution is 8.18. The number of aliphatic imine (C=N–C) groups is 1. The van der Waals surface area contributed by atoms with Crippen LogP contribution in [0, 0.1) is 11.3 Å².